The molecule has 2 aromatic rings. The van der Waals surface area contributed by atoms with Crippen LogP contribution in [0.2, 0.25) is 0 Å². The molecule has 17 heavy (non-hydrogen) atoms. The van der Waals surface area contributed by atoms with Crippen LogP contribution in [0.5, 0.6) is 5.75 Å². The summed E-state index contributed by atoms with van der Waals surface area (Å²) in [6.07, 6.45) is 2.55. The molecule has 1 aliphatic rings. The zero-order valence-electron chi connectivity index (χ0n) is 9.12. The van der Waals surface area contributed by atoms with Gasteiger partial charge in [0.1, 0.15) is 5.75 Å². The fourth-order valence-corrected chi connectivity index (χ4v) is 2.16. The van der Waals surface area contributed by atoms with Crippen LogP contribution < -0.4 is 4.74 Å². The molecule has 86 valence electrons. The van der Waals surface area contributed by atoms with E-state index in [0.29, 0.717) is 16.5 Å². The number of hydrogen-bond donors (Lipinski definition) is 1. The predicted octanol–water partition coefficient (Wildman–Crippen LogP) is 2.25. The van der Waals surface area contributed by atoms with Crippen molar-refractivity contribution in [1.29, 1.82) is 0 Å². The van der Waals surface area contributed by atoms with Crippen molar-refractivity contribution in [2.45, 2.75) is 11.4 Å². The van der Waals surface area contributed by atoms with Crippen LogP contribution in [0.25, 0.3) is 11.3 Å². The highest BCUT2D eigenvalue weighted by Gasteiger charge is 2.25. The first-order valence-electron chi connectivity index (χ1n) is 5.14. The molecule has 1 aliphatic heterocycles. The molecule has 1 unspecified atom stereocenters. The van der Waals surface area contributed by atoms with Crippen molar-refractivity contribution in [3.05, 3.63) is 36.0 Å². The molecule has 0 saturated carbocycles. The fraction of sp³-hybridized carbons (Fsp3) is 0.167. The van der Waals surface area contributed by atoms with Crippen molar-refractivity contribution in [3.8, 4) is 17.0 Å². The highest BCUT2D eigenvalue weighted by molar-refractivity contribution is 7.98. The second-order valence-corrected chi connectivity index (χ2v) is 4.40. The highest BCUT2D eigenvalue weighted by Crippen LogP contribution is 2.40. The zero-order valence-corrected chi connectivity index (χ0v) is 9.94. The van der Waals surface area contributed by atoms with Gasteiger partial charge in [0.2, 0.25) is 6.29 Å². The Morgan fingerprint density at radius 3 is 3.00 bits per heavy atom. The molecule has 0 amide bonds. The summed E-state index contributed by atoms with van der Waals surface area (Å²) in [4.78, 5) is 8.58. The maximum atomic E-state index is 9.86. The van der Waals surface area contributed by atoms with Gasteiger partial charge >= 0.3 is 0 Å². The van der Waals surface area contributed by atoms with Crippen molar-refractivity contribution in [2.24, 2.45) is 0 Å². The molecule has 0 saturated heterocycles. The van der Waals surface area contributed by atoms with Gasteiger partial charge in [-0.3, -0.25) is 0 Å². The molecule has 2 heterocycles. The summed E-state index contributed by atoms with van der Waals surface area (Å²) in [6, 6.07) is 7.54. The predicted molar refractivity (Wildman–Crippen MR) is 64.8 cm³/mol. The van der Waals surface area contributed by atoms with E-state index in [4.69, 9.17) is 4.74 Å². The molecule has 4 nitrogen and oxygen atoms in total. The summed E-state index contributed by atoms with van der Waals surface area (Å²) in [5, 5.41) is 10.6. The lowest BCUT2D eigenvalue weighted by Gasteiger charge is -2.23. The molecule has 0 spiro atoms. The maximum absolute atomic E-state index is 9.86. The van der Waals surface area contributed by atoms with E-state index in [0.717, 1.165) is 11.3 Å². The van der Waals surface area contributed by atoms with Gasteiger partial charge in [0.05, 0.1) is 11.3 Å². The third-order valence-electron chi connectivity index (χ3n) is 2.62. The number of rotatable bonds is 1. The molecule has 0 radical (unpaired) electrons. The number of aromatic nitrogens is 2. The lowest BCUT2D eigenvalue weighted by atomic mass is 10.0. The molecule has 1 aromatic heterocycles. The van der Waals surface area contributed by atoms with Crippen LogP contribution in [0, 0.1) is 0 Å². The van der Waals surface area contributed by atoms with Crippen molar-refractivity contribution in [3.63, 3.8) is 0 Å². The molecule has 0 bridgehead atoms. The topological polar surface area (TPSA) is 55.2 Å². The van der Waals surface area contributed by atoms with E-state index < -0.39 is 6.29 Å². The standard InChI is InChI=1S/C12H10N2O2S/c1-17-12-13-6-8-10(14-12)7-4-2-3-5-9(7)16-11(8)15/h2-6,11,15H,1H3. The molecular formula is C12H10N2O2S. The van der Waals surface area contributed by atoms with E-state index in [2.05, 4.69) is 9.97 Å². The van der Waals surface area contributed by atoms with Crippen LogP contribution in [-0.2, 0) is 0 Å². The van der Waals surface area contributed by atoms with Crippen LogP contribution in [0.4, 0.5) is 0 Å². The van der Waals surface area contributed by atoms with Crippen molar-refractivity contribution >= 4 is 11.8 Å². The molecule has 5 heteroatoms. The normalized spacial score (nSPS) is 16.9. The number of thioether (sulfide) groups is 1. The van der Waals surface area contributed by atoms with Crippen LogP contribution >= 0.6 is 11.8 Å². The summed E-state index contributed by atoms with van der Waals surface area (Å²) in [7, 11) is 0. The average molecular weight is 246 g/mol. The molecule has 0 fully saturated rings. The van der Waals surface area contributed by atoms with E-state index in [1.165, 1.54) is 11.8 Å². The molecule has 3 rings (SSSR count). The Labute approximate surface area is 103 Å². The Hall–Kier alpha value is -1.59. The van der Waals surface area contributed by atoms with Gasteiger partial charge in [-0.2, -0.15) is 0 Å². The van der Waals surface area contributed by atoms with Crippen LogP contribution in [0.1, 0.15) is 11.9 Å². The Morgan fingerprint density at radius 1 is 1.35 bits per heavy atom. The van der Waals surface area contributed by atoms with Crippen LogP contribution in [-0.4, -0.2) is 21.3 Å². The Bertz CT molecular complexity index is 574. The monoisotopic (exact) mass is 246 g/mol. The summed E-state index contributed by atoms with van der Waals surface area (Å²) in [5.74, 6) is 0.651. The first-order valence-corrected chi connectivity index (χ1v) is 6.37. The van der Waals surface area contributed by atoms with Gasteiger partial charge in [-0.25, -0.2) is 9.97 Å². The van der Waals surface area contributed by atoms with E-state index in [-0.39, 0.29) is 0 Å². The number of para-hydroxylation sites is 1. The Morgan fingerprint density at radius 2 is 2.18 bits per heavy atom. The van der Waals surface area contributed by atoms with Gasteiger partial charge < -0.3 is 9.84 Å². The summed E-state index contributed by atoms with van der Waals surface area (Å²) < 4.78 is 5.40. The number of fused-ring (bicyclic) bond motifs is 3. The van der Waals surface area contributed by atoms with E-state index >= 15 is 0 Å². The summed E-state index contributed by atoms with van der Waals surface area (Å²) in [6.45, 7) is 0. The molecule has 0 aliphatic carbocycles. The van der Waals surface area contributed by atoms with Gasteiger partial charge in [-0.15, -0.1) is 0 Å². The Kier molecular flexibility index (Phi) is 2.49. The number of aliphatic hydroxyl groups is 1. The summed E-state index contributed by atoms with van der Waals surface area (Å²) >= 11 is 1.47. The third kappa shape index (κ3) is 1.67. The van der Waals surface area contributed by atoms with E-state index in [9.17, 15) is 5.11 Å². The van der Waals surface area contributed by atoms with Gasteiger partial charge in [0.25, 0.3) is 0 Å². The SMILES string of the molecule is CSc1ncc2c(n1)-c1ccccc1OC2O. The zero-order chi connectivity index (χ0) is 11.8. The van der Waals surface area contributed by atoms with Gasteiger partial charge in [-0.1, -0.05) is 23.9 Å². The minimum atomic E-state index is -0.990. The second kappa shape index (κ2) is 4.01. The van der Waals surface area contributed by atoms with Gasteiger partial charge in [0, 0.05) is 11.8 Å². The number of benzene rings is 1. The first-order chi connectivity index (χ1) is 8.29. The van der Waals surface area contributed by atoms with E-state index in [1.54, 1.807) is 6.20 Å². The molecule has 1 atom stereocenters. The van der Waals surface area contributed by atoms with Crippen molar-refractivity contribution in [1.82, 2.24) is 9.97 Å². The minimum absolute atomic E-state index is 0.613. The lowest BCUT2D eigenvalue weighted by Crippen LogP contribution is -2.15. The molecule has 1 aromatic carbocycles. The summed E-state index contributed by atoms with van der Waals surface area (Å²) in [5.41, 5.74) is 2.26. The number of aliphatic hydroxyl groups excluding tert-OH is 1. The van der Waals surface area contributed by atoms with Gasteiger partial charge in [0.15, 0.2) is 5.16 Å². The Balaban J connectivity index is 2.25. The number of ether oxygens (including phenoxy) is 1. The van der Waals surface area contributed by atoms with Crippen LogP contribution in [0.15, 0.2) is 35.6 Å². The first kappa shape index (κ1) is 10.6. The highest BCUT2D eigenvalue weighted by atomic mass is 32.2. The second-order valence-electron chi connectivity index (χ2n) is 3.63. The number of nitrogens with zero attached hydrogens (tertiary/aromatic N) is 2. The lowest BCUT2D eigenvalue weighted by molar-refractivity contribution is -0.0220. The fourth-order valence-electron chi connectivity index (χ4n) is 1.82. The smallest absolute Gasteiger partial charge is 0.227 e. The molecule has 1 N–H and O–H groups in total. The third-order valence-corrected chi connectivity index (χ3v) is 3.19. The maximum Gasteiger partial charge on any atom is 0.227 e. The van der Waals surface area contributed by atoms with Crippen LogP contribution in [0.3, 0.4) is 0 Å². The number of hydrogen-bond acceptors (Lipinski definition) is 5. The largest absolute Gasteiger partial charge is 0.460 e. The van der Waals surface area contributed by atoms with Gasteiger partial charge in [-0.05, 0) is 18.4 Å². The van der Waals surface area contributed by atoms with E-state index in [1.807, 2.05) is 30.5 Å². The van der Waals surface area contributed by atoms with Crippen molar-refractivity contribution < 1.29 is 9.84 Å². The molecular weight excluding hydrogens is 236 g/mol. The quantitative estimate of drug-likeness (QED) is 0.618. The average Bonchev–Trinajstić information content (AvgIpc) is 2.38. The van der Waals surface area contributed by atoms with Crippen molar-refractivity contribution in [2.75, 3.05) is 6.26 Å². The minimum Gasteiger partial charge on any atom is -0.460 e.